The largest absolute Gasteiger partial charge is 0.354 e. The van der Waals surface area contributed by atoms with Gasteiger partial charge in [-0.25, -0.2) is 4.39 Å². The van der Waals surface area contributed by atoms with Crippen LogP contribution in [0.3, 0.4) is 0 Å². The van der Waals surface area contributed by atoms with Crippen molar-refractivity contribution in [3.8, 4) is 0 Å². The molecule has 2 amide bonds. The van der Waals surface area contributed by atoms with Crippen LogP contribution in [0, 0.1) is 5.82 Å². The highest BCUT2D eigenvalue weighted by Gasteiger charge is 2.30. The van der Waals surface area contributed by atoms with Crippen molar-refractivity contribution in [2.24, 2.45) is 0 Å². The van der Waals surface area contributed by atoms with Crippen LogP contribution in [0.5, 0.6) is 0 Å². The Kier molecular flexibility index (Phi) is 10.6. The number of halogens is 2. The van der Waals surface area contributed by atoms with Crippen LogP contribution >= 0.6 is 23.4 Å². The molecule has 0 unspecified atom stereocenters. The highest BCUT2D eigenvalue weighted by molar-refractivity contribution is 7.99. The van der Waals surface area contributed by atoms with Gasteiger partial charge in [0.1, 0.15) is 11.9 Å². The third-order valence-corrected chi connectivity index (χ3v) is 6.89. The fourth-order valence-electron chi connectivity index (χ4n) is 3.68. The lowest BCUT2D eigenvalue weighted by Crippen LogP contribution is -2.51. The average Bonchev–Trinajstić information content (AvgIpc) is 2.87. The molecule has 3 rings (SSSR count). The molecule has 1 N–H and O–H groups in total. The number of nitrogens with one attached hydrogen (secondary N) is 1. The zero-order valence-corrected chi connectivity index (χ0v) is 21.3. The normalized spacial score (nSPS) is 11.6. The predicted molar refractivity (Wildman–Crippen MR) is 142 cm³/mol. The van der Waals surface area contributed by atoms with Gasteiger partial charge in [0.25, 0.3) is 0 Å². The van der Waals surface area contributed by atoms with Gasteiger partial charge >= 0.3 is 0 Å². The number of thioether (sulfide) groups is 1. The lowest BCUT2D eigenvalue weighted by molar-refractivity contribution is -0.139. The van der Waals surface area contributed by atoms with Gasteiger partial charge in [-0.3, -0.25) is 9.59 Å². The van der Waals surface area contributed by atoms with Gasteiger partial charge in [0.05, 0.1) is 5.75 Å². The van der Waals surface area contributed by atoms with Crippen molar-refractivity contribution < 1.29 is 14.0 Å². The van der Waals surface area contributed by atoms with Crippen LogP contribution in [0.2, 0.25) is 5.02 Å². The molecule has 184 valence electrons. The second kappa shape index (κ2) is 13.9. The summed E-state index contributed by atoms with van der Waals surface area (Å²) in [5.74, 6) is -0.204. The summed E-state index contributed by atoms with van der Waals surface area (Å²) >= 11 is 7.75. The Morgan fingerprint density at radius 3 is 2.31 bits per heavy atom. The SMILES string of the molecule is CCCNC(=O)[C@H](Cc1ccccc1)N(Cc1ccccc1Cl)C(=O)CSCc1ccccc1F. The maximum atomic E-state index is 14.0. The Morgan fingerprint density at radius 2 is 1.63 bits per heavy atom. The molecule has 0 saturated carbocycles. The van der Waals surface area contributed by atoms with E-state index in [-0.39, 0.29) is 29.9 Å². The van der Waals surface area contributed by atoms with Crippen molar-refractivity contribution in [1.82, 2.24) is 10.2 Å². The van der Waals surface area contributed by atoms with Crippen molar-refractivity contribution in [3.63, 3.8) is 0 Å². The Balaban J connectivity index is 1.85. The summed E-state index contributed by atoms with van der Waals surface area (Å²) < 4.78 is 14.0. The summed E-state index contributed by atoms with van der Waals surface area (Å²) in [5, 5.41) is 3.49. The van der Waals surface area contributed by atoms with E-state index in [0.29, 0.717) is 29.3 Å². The van der Waals surface area contributed by atoms with Gasteiger partial charge in [-0.15, -0.1) is 11.8 Å². The monoisotopic (exact) mass is 512 g/mol. The topological polar surface area (TPSA) is 49.4 Å². The molecule has 0 saturated heterocycles. The molecule has 0 aliphatic carbocycles. The van der Waals surface area contributed by atoms with E-state index >= 15 is 0 Å². The number of carbonyl (C=O) groups excluding carboxylic acids is 2. The van der Waals surface area contributed by atoms with Gasteiger partial charge in [0, 0.05) is 30.3 Å². The van der Waals surface area contributed by atoms with Gasteiger partial charge in [-0.05, 0) is 35.2 Å². The van der Waals surface area contributed by atoms with Gasteiger partial charge in [0.2, 0.25) is 11.8 Å². The first-order valence-corrected chi connectivity index (χ1v) is 13.2. The molecule has 0 aliphatic heterocycles. The van der Waals surface area contributed by atoms with Gasteiger partial charge < -0.3 is 10.2 Å². The van der Waals surface area contributed by atoms with Crippen LogP contribution in [-0.4, -0.2) is 35.1 Å². The van der Waals surface area contributed by atoms with Crippen molar-refractivity contribution in [3.05, 3.63) is 106 Å². The first-order valence-electron chi connectivity index (χ1n) is 11.6. The maximum absolute atomic E-state index is 14.0. The van der Waals surface area contributed by atoms with Gasteiger partial charge in [-0.2, -0.15) is 0 Å². The first kappa shape index (κ1) is 26.8. The first-order chi connectivity index (χ1) is 17.0. The minimum absolute atomic E-state index is 0.116. The molecule has 1 atom stereocenters. The van der Waals surface area contributed by atoms with Crippen molar-refractivity contribution in [2.75, 3.05) is 12.3 Å². The Bertz CT molecular complexity index is 1110. The molecule has 35 heavy (non-hydrogen) atoms. The zero-order chi connectivity index (χ0) is 25.0. The number of benzene rings is 3. The molecule has 0 spiro atoms. The summed E-state index contributed by atoms with van der Waals surface area (Å²) in [5.41, 5.74) is 2.27. The number of amides is 2. The second-order valence-corrected chi connectivity index (χ2v) is 9.59. The van der Waals surface area contributed by atoms with E-state index in [0.717, 1.165) is 17.5 Å². The molecular weight excluding hydrogens is 483 g/mol. The van der Waals surface area contributed by atoms with E-state index in [1.807, 2.05) is 55.5 Å². The lowest BCUT2D eigenvalue weighted by atomic mass is 10.0. The Labute approximate surface area is 215 Å². The minimum Gasteiger partial charge on any atom is -0.354 e. The van der Waals surface area contributed by atoms with E-state index in [9.17, 15) is 14.0 Å². The highest BCUT2D eigenvalue weighted by Crippen LogP contribution is 2.22. The van der Waals surface area contributed by atoms with Crippen LogP contribution in [0.1, 0.15) is 30.0 Å². The van der Waals surface area contributed by atoms with Gasteiger partial charge in [0.15, 0.2) is 0 Å². The number of nitrogens with zero attached hydrogens (tertiary/aromatic N) is 1. The van der Waals surface area contributed by atoms with Crippen molar-refractivity contribution in [2.45, 2.75) is 38.1 Å². The van der Waals surface area contributed by atoms with Crippen LogP contribution in [0.15, 0.2) is 78.9 Å². The molecule has 7 heteroatoms. The summed E-state index contributed by atoms with van der Waals surface area (Å²) in [6.07, 6.45) is 1.17. The average molecular weight is 513 g/mol. The van der Waals surface area contributed by atoms with E-state index in [2.05, 4.69) is 5.32 Å². The summed E-state index contributed by atoms with van der Waals surface area (Å²) in [7, 11) is 0. The van der Waals surface area contributed by atoms with Crippen molar-refractivity contribution in [1.29, 1.82) is 0 Å². The number of carbonyl (C=O) groups is 2. The van der Waals surface area contributed by atoms with E-state index in [4.69, 9.17) is 11.6 Å². The second-order valence-electron chi connectivity index (χ2n) is 8.19. The molecule has 0 heterocycles. The molecular formula is C28H30ClFN2O2S. The molecule has 0 radical (unpaired) electrons. The van der Waals surface area contributed by atoms with Gasteiger partial charge in [-0.1, -0.05) is 85.3 Å². The third-order valence-electron chi connectivity index (χ3n) is 5.56. The number of hydrogen-bond acceptors (Lipinski definition) is 3. The molecule has 3 aromatic carbocycles. The zero-order valence-electron chi connectivity index (χ0n) is 19.8. The molecule has 0 aromatic heterocycles. The summed E-state index contributed by atoms with van der Waals surface area (Å²) in [4.78, 5) is 28.4. The fraction of sp³-hybridized carbons (Fsp3) is 0.286. The van der Waals surface area contributed by atoms with Crippen molar-refractivity contribution >= 4 is 35.2 Å². The summed E-state index contributed by atoms with van der Waals surface area (Å²) in [6, 6.07) is 22.8. The van der Waals surface area contributed by atoms with Crippen LogP contribution in [-0.2, 0) is 28.3 Å². The lowest BCUT2D eigenvalue weighted by Gasteiger charge is -2.31. The standard InChI is InChI=1S/C28H30ClFN2O2S/c1-2-16-31-28(34)26(17-21-10-4-3-5-11-21)32(18-22-12-6-8-14-24(22)29)27(33)20-35-19-23-13-7-9-15-25(23)30/h3-15,26H,2,16-20H2,1H3,(H,31,34)/t26-/m0/s1. The number of hydrogen-bond donors (Lipinski definition) is 1. The summed E-state index contributed by atoms with van der Waals surface area (Å²) in [6.45, 7) is 2.72. The smallest absolute Gasteiger partial charge is 0.243 e. The molecule has 0 aliphatic rings. The van der Waals surface area contributed by atoms with E-state index in [1.165, 1.54) is 17.8 Å². The molecule has 4 nitrogen and oxygen atoms in total. The molecule has 0 bridgehead atoms. The fourth-order valence-corrected chi connectivity index (χ4v) is 4.77. The Morgan fingerprint density at radius 1 is 0.971 bits per heavy atom. The van der Waals surface area contributed by atoms with Crippen LogP contribution in [0.4, 0.5) is 4.39 Å². The Hall–Kier alpha value is -2.83. The molecule has 0 fully saturated rings. The minimum atomic E-state index is -0.707. The predicted octanol–water partition coefficient (Wildman–Crippen LogP) is 5.88. The van der Waals surface area contributed by atoms with Crippen LogP contribution < -0.4 is 5.32 Å². The highest BCUT2D eigenvalue weighted by atomic mass is 35.5. The maximum Gasteiger partial charge on any atom is 0.243 e. The van der Waals surface area contributed by atoms with Crippen LogP contribution in [0.25, 0.3) is 0 Å². The third kappa shape index (κ3) is 8.11. The molecule has 3 aromatic rings. The van der Waals surface area contributed by atoms with E-state index < -0.39 is 6.04 Å². The quantitative estimate of drug-likeness (QED) is 0.330. The van der Waals surface area contributed by atoms with E-state index in [1.54, 1.807) is 29.2 Å². The number of rotatable bonds is 12.